The van der Waals surface area contributed by atoms with Crippen molar-refractivity contribution in [3.05, 3.63) is 121 Å². The average Bonchev–Trinajstić information content (AvgIpc) is 3.21. The zero-order valence-corrected chi connectivity index (χ0v) is 23.8. The summed E-state index contributed by atoms with van der Waals surface area (Å²) in [6.07, 6.45) is 4.54. The molecule has 1 saturated carbocycles. The van der Waals surface area contributed by atoms with Crippen molar-refractivity contribution in [1.82, 2.24) is 0 Å². The highest BCUT2D eigenvalue weighted by atomic mass is 31.1. The Balaban J connectivity index is 1.54. The van der Waals surface area contributed by atoms with E-state index in [0.29, 0.717) is 5.92 Å². The van der Waals surface area contributed by atoms with Gasteiger partial charge >= 0.3 is 0 Å². The second-order valence-electron chi connectivity index (χ2n) is 10.9. The van der Waals surface area contributed by atoms with E-state index in [1.165, 1.54) is 33.8 Å². The molecule has 0 radical (unpaired) electrons. The Bertz CT molecular complexity index is 1170. The highest BCUT2D eigenvalue weighted by molar-refractivity contribution is 7.73. The summed E-state index contributed by atoms with van der Waals surface area (Å²) in [6.45, 7) is 5.11. The molecule has 5 rings (SSSR count). The second kappa shape index (κ2) is 11.6. The summed E-state index contributed by atoms with van der Waals surface area (Å²) in [7, 11) is -1.01. The lowest BCUT2D eigenvalue weighted by Crippen LogP contribution is -2.44. The fourth-order valence-corrected chi connectivity index (χ4v) is 12.0. The number of benzene rings is 4. The first-order valence-electron chi connectivity index (χ1n) is 13.4. The maximum Gasteiger partial charge on any atom is 0.0490 e. The Labute approximate surface area is 225 Å². The Morgan fingerprint density at radius 1 is 0.622 bits per heavy atom. The van der Waals surface area contributed by atoms with E-state index >= 15 is 0 Å². The lowest BCUT2D eigenvalue weighted by atomic mass is 9.66. The molecule has 0 bridgehead atoms. The van der Waals surface area contributed by atoms with Gasteiger partial charge in [-0.15, -0.1) is 0 Å². The van der Waals surface area contributed by atoms with Gasteiger partial charge in [0.15, 0.2) is 0 Å². The van der Waals surface area contributed by atoms with Crippen LogP contribution in [0.4, 0.5) is 0 Å². The summed E-state index contributed by atoms with van der Waals surface area (Å²) < 4.78 is 0. The molecule has 1 nitrogen and oxygen atoms in total. The van der Waals surface area contributed by atoms with Crippen molar-refractivity contribution in [3.8, 4) is 0 Å². The Hall–Kier alpha value is -2.30. The van der Waals surface area contributed by atoms with Crippen molar-refractivity contribution in [3.63, 3.8) is 0 Å². The number of rotatable bonds is 9. The summed E-state index contributed by atoms with van der Waals surface area (Å²) in [5, 5.41) is 16.6. The zero-order chi connectivity index (χ0) is 25.7. The molecule has 0 aromatic heterocycles. The Morgan fingerprint density at radius 2 is 1.00 bits per heavy atom. The summed E-state index contributed by atoms with van der Waals surface area (Å²) in [5.41, 5.74) is -0.0561. The number of aliphatic hydroxyl groups excluding tert-OH is 1. The molecular weight excluding hydrogens is 486 g/mol. The quantitative estimate of drug-likeness (QED) is 0.243. The highest BCUT2D eigenvalue weighted by Gasteiger charge is 2.55. The third-order valence-corrected chi connectivity index (χ3v) is 14.3. The molecular formula is C34H38OP2. The molecule has 0 spiro atoms. The SMILES string of the molecule is C[C@]1(CO)CC[C@@H](CP(c2ccccc2)c2ccccc2)[C@]1(C)CP(c1ccccc1)c1ccccc1. The minimum absolute atomic E-state index is 0.0310. The van der Waals surface area contributed by atoms with E-state index in [1.54, 1.807) is 0 Å². The predicted octanol–water partition coefficient (Wildman–Crippen LogP) is 6.67. The smallest absolute Gasteiger partial charge is 0.0490 e. The summed E-state index contributed by atoms with van der Waals surface area (Å²) in [5.74, 6) is 0.550. The van der Waals surface area contributed by atoms with Crippen LogP contribution in [-0.4, -0.2) is 24.0 Å². The van der Waals surface area contributed by atoms with Gasteiger partial charge in [-0.1, -0.05) is 135 Å². The topological polar surface area (TPSA) is 20.2 Å². The molecule has 190 valence electrons. The van der Waals surface area contributed by atoms with Crippen LogP contribution in [0, 0.1) is 16.7 Å². The normalized spacial score (nSPS) is 23.5. The van der Waals surface area contributed by atoms with Gasteiger partial charge in [-0.3, -0.25) is 0 Å². The molecule has 0 heterocycles. The van der Waals surface area contributed by atoms with Crippen molar-refractivity contribution < 1.29 is 5.11 Å². The molecule has 3 atom stereocenters. The largest absolute Gasteiger partial charge is 0.396 e. The van der Waals surface area contributed by atoms with Crippen LogP contribution >= 0.6 is 15.8 Å². The van der Waals surface area contributed by atoms with Gasteiger partial charge in [-0.25, -0.2) is 0 Å². The van der Waals surface area contributed by atoms with Crippen molar-refractivity contribution in [2.24, 2.45) is 16.7 Å². The standard InChI is InChI=1S/C34H38OP2/c1-33(26-35)24-23-28(25-36(29-15-7-3-8-16-29)30-17-9-4-10-18-30)34(33,2)27-37(31-19-11-5-12-20-31)32-21-13-6-14-22-32/h3-22,28,35H,23-27H2,1-2H3/t28-,33+,34-/m0/s1. The van der Waals surface area contributed by atoms with E-state index in [-0.39, 0.29) is 17.4 Å². The monoisotopic (exact) mass is 524 g/mol. The maximum atomic E-state index is 10.8. The first kappa shape index (κ1) is 26.3. The van der Waals surface area contributed by atoms with E-state index in [4.69, 9.17) is 0 Å². The van der Waals surface area contributed by atoms with E-state index in [9.17, 15) is 5.11 Å². The number of hydrogen-bond acceptors (Lipinski definition) is 1. The van der Waals surface area contributed by atoms with Crippen LogP contribution in [0.3, 0.4) is 0 Å². The molecule has 0 saturated heterocycles. The molecule has 0 aliphatic heterocycles. The number of hydrogen-bond donors (Lipinski definition) is 1. The maximum absolute atomic E-state index is 10.8. The summed E-state index contributed by atoms with van der Waals surface area (Å²) >= 11 is 0. The van der Waals surface area contributed by atoms with Gasteiger partial charge in [0.2, 0.25) is 0 Å². The third-order valence-electron chi connectivity index (χ3n) is 8.83. The Morgan fingerprint density at radius 3 is 1.38 bits per heavy atom. The number of aliphatic hydroxyl groups is 1. The van der Waals surface area contributed by atoms with E-state index in [2.05, 4.69) is 135 Å². The summed E-state index contributed by atoms with van der Waals surface area (Å²) in [4.78, 5) is 0. The van der Waals surface area contributed by atoms with Crippen molar-refractivity contribution in [2.45, 2.75) is 26.7 Å². The van der Waals surface area contributed by atoms with Gasteiger partial charge < -0.3 is 5.11 Å². The first-order chi connectivity index (χ1) is 18.0. The minimum atomic E-state index is -0.539. The fourth-order valence-electron chi connectivity index (χ4n) is 6.13. The molecule has 4 aromatic rings. The van der Waals surface area contributed by atoms with E-state index < -0.39 is 15.8 Å². The van der Waals surface area contributed by atoms with Crippen LogP contribution in [0.15, 0.2) is 121 Å². The van der Waals surface area contributed by atoms with E-state index in [0.717, 1.165) is 12.6 Å². The lowest BCUT2D eigenvalue weighted by Gasteiger charge is -2.47. The molecule has 1 aliphatic carbocycles. The van der Waals surface area contributed by atoms with Crippen LogP contribution in [0.1, 0.15) is 26.7 Å². The second-order valence-corrected chi connectivity index (χ2v) is 15.4. The van der Waals surface area contributed by atoms with Crippen LogP contribution in [0.5, 0.6) is 0 Å². The van der Waals surface area contributed by atoms with Crippen molar-refractivity contribution in [1.29, 1.82) is 0 Å². The molecule has 1 N–H and O–H groups in total. The van der Waals surface area contributed by atoms with Crippen molar-refractivity contribution in [2.75, 3.05) is 18.9 Å². The zero-order valence-electron chi connectivity index (χ0n) is 22.0. The van der Waals surface area contributed by atoms with Gasteiger partial charge in [0.25, 0.3) is 0 Å². The Kier molecular flexibility index (Phi) is 8.26. The van der Waals surface area contributed by atoms with Crippen molar-refractivity contribution >= 4 is 37.1 Å². The molecule has 0 amide bonds. The van der Waals surface area contributed by atoms with Crippen LogP contribution in [-0.2, 0) is 0 Å². The van der Waals surface area contributed by atoms with Crippen LogP contribution in [0.25, 0.3) is 0 Å². The molecule has 4 aromatic carbocycles. The fraction of sp³-hybridized carbons (Fsp3) is 0.294. The molecule has 37 heavy (non-hydrogen) atoms. The third kappa shape index (κ3) is 5.47. The summed E-state index contributed by atoms with van der Waals surface area (Å²) in [6, 6.07) is 44.4. The van der Waals surface area contributed by atoms with Gasteiger partial charge in [0.05, 0.1) is 0 Å². The van der Waals surface area contributed by atoms with Gasteiger partial charge in [-0.2, -0.15) is 0 Å². The van der Waals surface area contributed by atoms with Gasteiger partial charge in [-0.05, 0) is 79.0 Å². The van der Waals surface area contributed by atoms with Gasteiger partial charge in [0, 0.05) is 6.61 Å². The van der Waals surface area contributed by atoms with Crippen LogP contribution < -0.4 is 21.2 Å². The molecule has 0 unspecified atom stereocenters. The molecule has 3 heteroatoms. The average molecular weight is 525 g/mol. The lowest BCUT2D eigenvalue weighted by molar-refractivity contribution is 0.0338. The van der Waals surface area contributed by atoms with Gasteiger partial charge in [0.1, 0.15) is 0 Å². The predicted molar refractivity (Wildman–Crippen MR) is 164 cm³/mol. The molecule has 1 aliphatic rings. The first-order valence-corrected chi connectivity index (χ1v) is 16.5. The molecule has 1 fully saturated rings. The van der Waals surface area contributed by atoms with Crippen LogP contribution in [0.2, 0.25) is 0 Å². The minimum Gasteiger partial charge on any atom is -0.396 e. The highest BCUT2D eigenvalue weighted by Crippen LogP contribution is 2.62. The van der Waals surface area contributed by atoms with E-state index in [1.807, 2.05) is 0 Å².